The Hall–Kier alpha value is -15.3. The predicted molar refractivity (Wildman–Crippen MR) is 483 cm³/mol. The van der Waals surface area contributed by atoms with E-state index in [4.69, 9.17) is 9.47 Å². The van der Waals surface area contributed by atoms with Gasteiger partial charge in [0, 0.05) is 258 Å². The minimum Gasteiger partial charge on any atom is -0.453 e. The van der Waals surface area contributed by atoms with Gasteiger partial charge in [0.25, 0.3) is 0 Å². The zero-order chi connectivity index (χ0) is 88.3. The van der Waals surface area contributed by atoms with E-state index in [-0.39, 0.29) is 6.09 Å². The summed E-state index contributed by atoms with van der Waals surface area (Å²) in [6.45, 7) is 3.91. The van der Waals surface area contributed by atoms with Crippen LogP contribution in [0.4, 0.5) is 59.0 Å². The van der Waals surface area contributed by atoms with Crippen molar-refractivity contribution in [3.63, 3.8) is 0 Å². The van der Waals surface area contributed by atoms with Crippen LogP contribution in [0.2, 0.25) is 0 Å². The van der Waals surface area contributed by atoms with Crippen molar-refractivity contribution < 1.29 is 55.0 Å². The molecule has 0 bridgehead atoms. The monoisotopic (exact) mass is 1730 g/mol. The lowest BCUT2D eigenvalue weighted by Crippen LogP contribution is -2.25. The Morgan fingerprint density at radius 2 is 0.784 bits per heavy atom. The Morgan fingerprint density at radius 1 is 0.424 bits per heavy atom. The number of ether oxygens (including phenoxy) is 4. The fourth-order valence-corrected chi connectivity index (χ4v) is 15.6. The molecule has 4 amide bonds. The number of carbonyl (C=O) groups excluding carboxylic acids is 4. The van der Waals surface area contributed by atoms with Crippen molar-refractivity contribution in [3.8, 4) is 0 Å². The molecule has 36 nitrogen and oxygen atoms in total. The van der Waals surface area contributed by atoms with Crippen LogP contribution in [-0.2, 0) is 105 Å². The number of methoxy groups -OCH3 is 3. The number of rotatable bonds is 21. The Morgan fingerprint density at radius 3 is 1.20 bits per heavy atom. The van der Waals surface area contributed by atoms with E-state index in [9.17, 15) is 36.0 Å². The molecular formula is C87H96N24O12S2. The van der Waals surface area contributed by atoms with E-state index in [1.807, 2.05) is 148 Å². The lowest BCUT2D eigenvalue weighted by molar-refractivity contribution is 0.167. The zero-order valence-corrected chi connectivity index (χ0v) is 71.8. The van der Waals surface area contributed by atoms with Gasteiger partial charge in [0.15, 0.2) is 0 Å². The number of aryl methyl sites for hydroxylation is 3. The number of aromatic nitrogens is 17. The molecule has 17 aromatic rings. The van der Waals surface area contributed by atoms with E-state index in [2.05, 4.69) is 143 Å². The van der Waals surface area contributed by atoms with E-state index in [0.717, 1.165) is 180 Å². The van der Waals surface area contributed by atoms with Crippen LogP contribution in [0.25, 0.3) is 54.5 Å². The first-order valence-corrected chi connectivity index (χ1v) is 43.1. The molecule has 0 saturated heterocycles. The molecule has 0 spiro atoms. The summed E-state index contributed by atoms with van der Waals surface area (Å²) in [5.74, 6) is 0. The van der Waals surface area contributed by atoms with Crippen LogP contribution >= 0.6 is 0 Å². The van der Waals surface area contributed by atoms with Crippen LogP contribution in [0, 0.1) is 0 Å². The van der Waals surface area contributed by atoms with Gasteiger partial charge in [-0.3, -0.25) is 30.3 Å². The molecule has 0 unspecified atom stereocenters. The van der Waals surface area contributed by atoms with Crippen molar-refractivity contribution in [1.82, 2.24) is 83.5 Å². The average molecular weight is 1730 g/mol. The average Bonchev–Trinajstić information content (AvgIpc) is 1.68. The minimum atomic E-state index is -3.27. The summed E-state index contributed by atoms with van der Waals surface area (Å²) in [6, 6.07) is 34.4. The van der Waals surface area contributed by atoms with E-state index >= 15 is 0 Å². The summed E-state index contributed by atoms with van der Waals surface area (Å²) in [4.78, 5) is 98.6. The SMILES string of the molecule is CCOC(=O)Nc1ccc2c(c1)N(Cc1cnc[nH]1)CC2.COC(=O)N(C)c1ccc2c(c1)c(Cc1cnc[nH]1)cn2C.COC(=O)Nc1ccc2[nH]cc(Cc3cnc[nH]3)c2c1.COC(=O)Nc1ccc2c(c1)c(Cc1cnc[nH]1)cn2C.CS(=O)(=O)Nc1ccc2[nH]cc(Cc3cnc[nH]3)c2c1.Cn1cc(Cc2cnc[nH]2)c2cc(NS(C)(=O)=O)ccc21. The van der Waals surface area contributed by atoms with Crippen LogP contribution in [0.3, 0.4) is 0 Å². The first kappa shape index (κ1) is 87.5. The zero-order valence-electron chi connectivity index (χ0n) is 70.2. The number of hydrogen-bond donors (Lipinski definition) is 13. The lowest BCUT2D eigenvalue weighted by Gasteiger charge is -2.19. The Balaban J connectivity index is 0.000000129. The van der Waals surface area contributed by atoms with Crippen LogP contribution in [-0.4, -0.2) is 179 Å². The number of fused-ring (bicyclic) bond motifs is 6. The molecule has 13 N–H and O–H groups in total. The number of amides is 4. The van der Waals surface area contributed by atoms with Crippen LogP contribution in [0.5, 0.6) is 0 Å². The number of aromatic amines is 8. The van der Waals surface area contributed by atoms with E-state index < -0.39 is 38.3 Å². The number of benzene rings is 6. The molecule has 0 aliphatic carbocycles. The Kier molecular flexibility index (Phi) is 27.9. The third kappa shape index (κ3) is 23.2. The summed E-state index contributed by atoms with van der Waals surface area (Å²) in [6.07, 6.45) is 36.2. The van der Waals surface area contributed by atoms with E-state index in [1.165, 1.54) is 42.9 Å². The van der Waals surface area contributed by atoms with Gasteiger partial charge in [-0.15, -0.1) is 0 Å². The Labute approximate surface area is 718 Å². The molecule has 1 aliphatic heterocycles. The Bertz CT molecular complexity index is 6730. The maximum Gasteiger partial charge on any atom is 0.413 e. The molecule has 6 aromatic carbocycles. The smallest absolute Gasteiger partial charge is 0.413 e. The molecule has 11 aromatic heterocycles. The largest absolute Gasteiger partial charge is 0.453 e. The maximum absolute atomic E-state index is 11.7. The summed E-state index contributed by atoms with van der Waals surface area (Å²) >= 11 is 0. The molecule has 0 fully saturated rings. The molecular weight excluding hydrogens is 1640 g/mol. The third-order valence-electron chi connectivity index (χ3n) is 20.2. The van der Waals surface area contributed by atoms with E-state index in [0.29, 0.717) is 35.8 Å². The van der Waals surface area contributed by atoms with Crippen molar-refractivity contribution in [2.75, 3.05) is 89.2 Å². The number of sulfonamides is 2. The van der Waals surface area contributed by atoms with Crippen molar-refractivity contribution in [2.45, 2.75) is 52.0 Å². The molecule has 125 heavy (non-hydrogen) atoms. The first-order chi connectivity index (χ1) is 60.2. The van der Waals surface area contributed by atoms with E-state index in [1.54, 1.807) is 82.7 Å². The summed E-state index contributed by atoms with van der Waals surface area (Å²) < 4.78 is 75.3. The van der Waals surface area contributed by atoms with Gasteiger partial charge in [-0.1, -0.05) is 6.07 Å². The third-order valence-corrected chi connectivity index (χ3v) is 21.4. The molecule has 0 radical (unpaired) electrons. The molecule has 1 aliphatic rings. The highest BCUT2D eigenvalue weighted by Gasteiger charge is 2.22. The topological polar surface area (TPSA) is 459 Å². The number of H-pyrrole nitrogens is 8. The van der Waals surface area contributed by atoms with Gasteiger partial charge in [-0.05, 0) is 150 Å². The quantitative estimate of drug-likeness (QED) is 0.0297. The summed E-state index contributed by atoms with van der Waals surface area (Å²) in [5.41, 5.74) is 23.8. The lowest BCUT2D eigenvalue weighted by atomic mass is 10.1. The van der Waals surface area contributed by atoms with Crippen LogP contribution in [0.1, 0.15) is 74.5 Å². The second-order valence-corrected chi connectivity index (χ2v) is 32.8. The molecule has 0 atom stereocenters. The molecule has 12 heterocycles. The summed E-state index contributed by atoms with van der Waals surface area (Å²) in [5, 5.41) is 13.4. The van der Waals surface area contributed by atoms with Crippen molar-refractivity contribution in [3.05, 3.63) is 283 Å². The van der Waals surface area contributed by atoms with Gasteiger partial charge in [-0.2, -0.15) is 0 Å². The number of nitrogens with one attached hydrogen (secondary N) is 13. The molecule has 648 valence electrons. The first-order valence-electron chi connectivity index (χ1n) is 39.3. The molecule has 38 heteroatoms. The normalized spacial score (nSPS) is 11.5. The number of anilines is 7. The van der Waals surface area contributed by atoms with Crippen LogP contribution < -0.4 is 35.2 Å². The maximum atomic E-state index is 11.7. The number of hydrogen-bond acceptors (Lipinski definition) is 19. The predicted octanol–water partition coefficient (Wildman–Crippen LogP) is 14.3. The molecule has 18 rings (SSSR count). The van der Waals surface area contributed by atoms with Crippen molar-refractivity contribution in [2.24, 2.45) is 21.1 Å². The highest BCUT2D eigenvalue weighted by molar-refractivity contribution is 7.92. The number of carbonyl (C=O) groups is 4. The number of nitrogens with zero attached hydrogens (tertiary/aromatic N) is 11. The standard InChI is InChI=1S/C16H18N4O2.C15H16N4O2.C15H18N4O2.C14H16N4O2S.C14H14N4O2.C13H14N4O2S/c1-19-9-11(6-12-8-17-10-18-12)14-7-13(4-5-15(14)19)20(2)16(21)22-3;1-19-8-10(5-12-7-16-9-17-12)13-6-11(3-4-14(13)19)18-15(20)21-2;1-2-21-15(20)18-12-4-3-11-5-6-19(14(11)7-12)9-13-8-16-10-17-13;1-18-8-10(5-12-7-15-9-16-12)13-6-11(3-4-14(13)18)17-21(2,19)20;1-20-14(19)18-10-2-3-13-12(5-10)9(6-16-13)4-11-7-15-8-17-11;1-20(18,19)17-10-2-3-13-12(5-10)9(6-15-13)4-11-7-14-8-16-11/h4-5,7-10H,6H2,1-3H3,(H,17,18);3-4,6-9H,5H2,1-2H3,(H,16,17)(H,18,20);3-4,7-8,10H,2,5-6,9H2,1H3,(H,16,17)(H,18,20);3-4,6-9,17H,5H2,1-2H3,(H,15,16);2-3,5-8,16H,4H2,1H3,(H,15,17)(H,18,19);2-3,5-8,15,17H,4H2,1H3,(H,14,16). The highest BCUT2D eigenvalue weighted by Crippen LogP contribution is 2.35. The van der Waals surface area contributed by atoms with Gasteiger partial charge < -0.3 is 77.4 Å². The van der Waals surface area contributed by atoms with Crippen LogP contribution in [0.15, 0.2) is 215 Å². The number of imidazole rings is 6. The van der Waals surface area contributed by atoms with Gasteiger partial charge >= 0.3 is 24.4 Å². The second kappa shape index (κ2) is 39.9. The summed E-state index contributed by atoms with van der Waals surface area (Å²) in [7, 11) is 5.22. The van der Waals surface area contributed by atoms with Gasteiger partial charge in [0.05, 0.1) is 90.7 Å². The highest BCUT2D eigenvalue weighted by atomic mass is 32.2. The second-order valence-electron chi connectivity index (χ2n) is 29.3. The molecule has 0 saturated carbocycles. The van der Waals surface area contributed by atoms with Crippen molar-refractivity contribution in [1.29, 1.82) is 0 Å². The fraction of sp³-hybridized carbons (Fsp3) is 0.218. The van der Waals surface area contributed by atoms with Crippen molar-refractivity contribution >= 4 is 139 Å². The van der Waals surface area contributed by atoms with Gasteiger partial charge in [0.1, 0.15) is 0 Å². The van der Waals surface area contributed by atoms with Gasteiger partial charge in [-0.25, -0.2) is 65.9 Å². The fourth-order valence-electron chi connectivity index (χ4n) is 14.5. The minimum absolute atomic E-state index is 0.364. The van der Waals surface area contributed by atoms with Gasteiger partial charge in [0.2, 0.25) is 20.0 Å².